The summed E-state index contributed by atoms with van der Waals surface area (Å²) in [7, 11) is 0. The summed E-state index contributed by atoms with van der Waals surface area (Å²) in [6, 6.07) is 14.0. The zero-order chi connectivity index (χ0) is 18.3. The standard InChI is InChI=1S/C20H20N2O4/c1-12-21-16(9-13-6-7-14-4-2-3-5-15(14)8-13)20(25)22(12)19-10-17(24)18(11-23)26-19/h2-9,17-19,23-24H,10-11H2,1H3/b16-9+/t17-,18+,19+/m0/s1. The Morgan fingerprint density at radius 1 is 1.27 bits per heavy atom. The second-order valence-electron chi connectivity index (χ2n) is 6.59. The lowest BCUT2D eigenvalue weighted by Crippen LogP contribution is -2.40. The number of carbonyl (C=O) groups is 1. The Labute approximate surface area is 151 Å². The highest BCUT2D eigenvalue weighted by Crippen LogP contribution is 2.29. The molecule has 1 saturated heterocycles. The monoisotopic (exact) mass is 352 g/mol. The topological polar surface area (TPSA) is 82.4 Å². The Balaban J connectivity index is 1.60. The second-order valence-corrected chi connectivity index (χ2v) is 6.59. The zero-order valence-electron chi connectivity index (χ0n) is 14.4. The molecule has 2 aromatic carbocycles. The molecule has 6 heteroatoms. The molecular weight excluding hydrogens is 332 g/mol. The minimum Gasteiger partial charge on any atom is -0.394 e. The van der Waals surface area contributed by atoms with Crippen LogP contribution in [0.15, 0.2) is 53.2 Å². The van der Waals surface area contributed by atoms with E-state index in [1.54, 1.807) is 13.0 Å². The maximum Gasteiger partial charge on any atom is 0.280 e. The summed E-state index contributed by atoms with van der Waals surface area (Å²) in [6.07, 6.45) is -0.0607. The van der Waals surface area contributed by atoms with Crippen molar-refractivity contribution in [3.63, 3.8) is 0 Å². The third kappa shape index (κ3) is 2.92. The number of hydrogen-bond donors (Lipinski definition) is 2. The number of carbonyl (C=O) groups excluding carboxylic acids is 1. The molecule has 3 atom stereocenters. The van der Waals surface area contributed by atoms with Crippen molar-refractivity contribution in [3.8, 4) is 0 Å². The third-order valence-corrected chi connectivity index (χ3v) is 4.82. The first-order valence-electron chi connectivity index (χ1n) is 8.60. The predicted octanol–water partition coefficient (Wildman–Crippen LogP) is 1.91. The zero-order valence-corrected chi connectivity index (χ0v) is 14.4. The first-order chi connectivity index (χ1) is 12.6. The fraction of sp³-hybridized carbons (Fsp3) is 0.300. The number of benzene rings is 2. The van der Waals surface area contributed by atoms with Gasteiger partial charge in [0.25, 0.3) is 5.91 Å². The Bertz CT molecular complexity index is 921. The fourth-order valence-electron chi connectivity index (χ4n) is 3.47. The SMILES string of the molecule is CC1=N/C(=C/c2ccc3ccccc3c2)C(=O)N1[C@H]1C[C@H](O)[C@@H](CO)O1. The number of aliphatic imine (C=N–C) groups is 1. The second kappa shape index (κ2) is 6.64. The summed E-state index contributed by atoms with van der Waals surface area (Å²) < 4.78 is 5.60. The molecule has 2 aliphatic heterocycles. The van der Waals surface area contributed by atoms with Crippen molar-refractivity contribution in [2.45, 2.75) is 31.8 Å². The smallest absolute Gasteiger partial charge is 0.280 e. The highest BCUT2D eigenvalue weighted by atomic mass is 16.5. The lowest BCUT2D eigenvalue weighted by atomic mass is 10.1. The molecule has 0 aliphatic carbocycles. The number of aliphatic hydroxyl groups excluding tert-OH is 2. The Hall–Kier alpha value is -2.54. The molecule has 134 valence electrons. The van der Waals surface area contributed by atoms with Crippen LogP contribution in [0.5, 0.6) is 0 Å². The number of rotatable bonds is 3. The van der Waals surface area contributed by atoms with E-state index in [1.165, 1.54) is 4.90 Å². The highest BCUT2D eigenvalue weighted by Gasteiger charge is 2.42. The number of amides is 1. The van der Waals surface area contributed by atoms with Crippen LogP contribution in [0.2, 0.25) is 0 Å². The van der Waals surface area contributed by atoms with Crippen molar-refractivity contribution in [2.24, 2.45) is 4.99 Å². The number of amidine groups is 1. The fourth-order valence-corrected chi connectivity index (χ4v) is 3.47. The molecule has 2 aromatic rings. The van der Waals surface area contributed by atoms with Gasteiger partial charge in [0.15, 0.2) is 0 Å². The van der Waals surface area contributed by atoms with E-state index in [1.807, 2.05) is 42.5 Å². The van der Waals surface area contributed by atoms with Crippen LogP contribution in [0.25, 0.3) is 16.8 Å². The summed E-state index contributed by atoms with van der Waals surface area (Å²) in [5.41, 5.74) is 1.23. The van der Waals surface area contributed by atoms with Gasteiger partial charge >= 0.3 is 0 Å². The summed E-state index contributed by atoms with van der Waals surface area (Å²) in [6.45, 7) is 1.46. The van der Waals surface area contributed by atoms with Gasteiger partial charge in [-0.25, -0.2) is 4.99 Å². The van der Waals surface area contributed by atoms with E-state index in [0.717, 1.165) is 16.3 Å². The maximum atomic E-state index is 12.8. The van der Waals surface area contributed by atoms with Crippen molar-refractivity contribution in [2.75, 3.05) is 6.61 Å². The van der Waals surface area contributed by atoms with Crippen LogP contribution < -0.4 is 0 Å². The Kier molecular flexibility index (Phi) is 4.32. The molecule has 0 radical (unpaired) electrons. The van der Waals surface area contributed by atoms with Gasteiger partial charge < -0.3 is 14.9 Å². The van der Waals surface area contributed by atoms with Gasteiger partial charge in [-0.1, -0.05) is 36.4 Å². The number of fused-ring (bicyclic) bond motifs is 1. The number of aliphatic hydroxyl groups is 2. The number of nitrogens with zero attached hydrogens (tertiary/aromatic N) is 2. The summed E-state index contributed by atoms with van der Waals surface area (Å²) in [5.74, 6) is 0.268. The van der Waals surface area contributed by atoms with E-state index < -0.39 is 18.4 Å². The molecule has 2 aliphatic rings. The van der Waals surface area contributed by atoms with Crippen molar-refractivity contribution >= 4 is 28.6 Å². The lowest BCUT2D eigenvalue weighted by Gasteiger charge is -2.23. The van der Waals surface area contributed by atoms with Crippen LogP contribution in [0.4, 0.5) is 0 Å². The molecule has 0 unspecified atom stereocenters. The molecular formula is C20H20N2O4. The van der Waals surface area contributed by atoms with Gasteiger partial charge in [0, 0.05) is 6.42 Å². The molecule has 4 rings (SSSR count). The van der Waals surface area contributed by atoms with Crippen LogP contribution in [0.1, 0.15) is 18.9 Å². The first-order valence-corrected chi connectivity index (χ1v) is 8.60. The van der Waals surface area contributed by atoms with Crippen LogP contribution in [0, 0.1) is 0 Å². The minimum atomic E-state index is -0.792. The summed E-state index contributed by atoms with van der Waals surface area (Å²) in [5, 5.41) is 21.4. The molecule has 0 spiro atoms. The van der Waals surface area contributed by atoms with Gasteiger partial charge in [0.1, 0.15) is 23.9 Å². The van der Waals surface area contributed by atoms with E-state index in [4.69, 9.17) is 4.74 Å². The molecule has 0 aromatic heterocycles. The van der Waals surface area contributed by atoms with Crippen LogP contribution in [-0.4, -0.2) is 51.9 Å². The van der Waals surface area contributed by atoms with Gasteiger partial charge in [-0.3, -0.25) is 9.69 Å². The van der Waals surface area contributed by atoms with Gasteiger partial charge in [-0.2, -0.15) is 0 Å². The summed E-state index contributed by atoms with van der Waals surface area (Å²) in [4.78, 5) is 18.6. The van der Waals surface area contributed by atoms with Crippen LogP contribution in [0.3, 0.4) is 0 Å². The Morgan fingerprint density at radius 3 is 2.77 bits per heavy atom. The van der Waals surface area contributed by atoms with Crippen LogP contribution >= 0.6 is 0 Å². The molecule has 1 amide bonds. The third-order valence-electron chi connectivity index (χ3n) is 4.82. The molecule has 2 N–H and O–H groups in total. The Morgan fingerprint density at radius 2 is 2.04 bits per heavy atom. The van der Waals surface area contributed by atoms with Gasteiger partial charge in [0.05, 0.1) is 12.7 Å². The minimum absolute atomic E-state index is 0.257. The maximum absolute atomic E-state index is 12.8. The normalized spacial score (nSPS) is 27.6. The molecule has 2 heterocycles. The molecule has 6 nitrogen and oxygen atoms in total. The van der Waals surface area contributed by atoms with E-state index in [0.29, 0.717) is 11.5 Å². The van der Waals surface area contributed by atoms with Crippen molar-refractivity contribution in [1.29, 1.82) is 0 Å². The number of ether oxygens (including phenoxy) is 1. The van der Waals surface area contributed by atoms with E-state index in [9.17, 15) is 15.0 Å². The van der Waals surface area contributed by atoms with Crippen molar-refractivity contribution in [1.82, 2.24) is 4.90 Å². The molecule has 0 bridgehead atoms. The average Bonchev–Trinajstić information content (AvgIpc) is 3.13. The largest absolute Gasteiger partial charge is 0.394 e. The van der Waals surface area contributed by atoms with Gasteiger partial charge in [-0.15, -0.1) is 0 Å². The van der Waals surface area contributed by atoms with E-state index in [2.05, 4.69) is 4.99 Å². The summed E-state index contributed by atoms with van der Waals surface area (Å²) >= 11 is 0. The predicted molar refractivity (Wildman–Crippen MR) is 98.3 cm³/mol. The van der Waals surface area contributed by atoms with E-state index in [-0.39, 0.29) is 18.9 Å². The van der Waals surface area contributed by atoms with Crippen molar-refractivity contribution < 1.29 is 19.7 Å². The first kappa shape index (κ1) is 16.9. The van der Waals surface area contributed by atoms with E-state index >= 15 is 0 Å². The number of hydrogen-bond acceptors (Lipinski definition) is 5. The molecule has 1 fully saturated rings. The highest BCUT2D eigenvalue weighted by molar-refractivity contribution is 6.14. The average molecular weight is 352 g/mol. The van der Waals surface area contributed by atoms with Gasteiger partial charge in [-0.05, 0) is 35.4 Å². The van der Waals surface area contributed by atoms with Crippen LogP contribution in [-0.2, 0) is 9.53 Å². The van der Waals surface area contributed by atoms with Gasteiger partial charge in [0.2, 0.25) is 0 Å². The molecule has 0 saturated carbocycles. The molecule has 26 heavy (non-hydrogen) atoms. The van der Waals surface area contributed by atoms with Crippen molar-refractivity contribution in [3.05, 3.63) is 53.7 Å². The quantitative estimate of drug-likeness (QED) is 0.827. The lowest BCUT2D eigenvalue weighted by molar-refractivity contribution is -0.133.